The van der Waals surface area contributed by atoms with Gasteiger partial charge in [0.2, 0.25) is 5.95 Å². The first-order chi connectivity index (χ1) is 8.97. The molecular weight excluding hydrogens is 264 g/mol. The first-order valence-corrected chi connectivity index (χ1v) is 5.05. The zero-order valence-electron chi connectivity index (χ0n) is 9.25. The molecule has 0 radical (unpaired) electrons. The minimum absolute atomic E-state index is 0.0783. The second-order valence-corrected chi connectivity index (χ2v) is 3.57. The molecule has 0 saturated heterocycles. The molecule has 2 aromatic rings. The number of amides is 1. The van der Waals surface area contributed by atoms with Gasteiger partial charge < -0.3 is 5.32 Å². The van der Waals surface area contributed by atoms with Crippen LogP contribution < -0.4 is 5.32 Å². The average Bonchev–Trinajstić information content (AvgIpc) is 2.36. The van der Waals surface area contributed by atoms with Gasteiger partial charge in [-0.15, -0.1) is 0 Å². The van der Waals surface area contributed by atoms with Crippen LogP contribution in [-0.4, -0.2) is 10.9 Å². The number of benzene rings is 1. The maximum Gasteiger partial charge on any atom is 0.257 e. The molecule has 0 atom stereocenters. The van der Waals surface area contributed by atoms with E-state index in [0.29, 0.717) is 12.1 Å². The highest BCUT2D eigenvalue weighted by atomic mass is 19.2. The van der Waals surface area contributed by atoms with Gasteiger partial charge in [-0.05, 0) is 12.1 Å². The third kappa shape index (κ3) is 2.87. The Morgan fingerprint density at radius 3 is 2.47 bits per heavy atom. The van der Waals surface area contributed by atoms with Crippen LogP contribution in [0.1, 0.15) is 10.4 Å². The second kappa shape index (κ2) is 5.05. The average molecular weight is 270 g/mol. The Morgan fingerprint density at radius 1 is 1.11 bits per heavy atom. The lowest BCUT2D eigenvalue weighted by molar-refractivity contribution is 0.102. The Kier molecular flexibility index (Phi) is 3.46. The molecule has 7 heteroatoms. The normalized spacial score (nSPS) is 10.3. The van der Waals surface area contributed by atoms with Gasteiger partial charge >= 0.3 is 0 Å². The standard InChI is InChI=1S/C12H6F4N2O/c13-7-3-8(14)11(16)9(4-7)18-12(19)6-1-2-10(15)17-5-6/h1-5H,(H,18,19). The Balaban J connectivity index is 2.26. The topological polar surface area (TPSA) is 42.0 Å². The van der Waals surface area contributed by atoms with Crippen LogP contribution in [0, 0.1) is 23.4 Å². The lowest BCUT2D eigenvalue weighted by Gasteiger charge is -2.07. The van der Waals surface area contributed by atoms with Gasteiger partial charge in [-0.25, -0.2) is 18.2 Å². The van der Waals surface area contributed by atoms with Gasteiger partial charge in [0.05, 0.1) is 11.3 Å². The van der Waals surface area contributed by atoms with E-state index in [-0.39, 0.29) is 5.56 Å². The predicted octanol–water partition coefficient (Wildman–Crippen LogP) is 2.89. The van der Waals surface area contributed by atoms with E-state index in [1.807, 2.05) is 5.32 Å². The number of rotatable bonds is 2. The minimum atomic E-state index is -1.42. The molecular formula is C12H6F4N2O. The van der Waals surface area contributed by atoms with E-state index in [1.54, 1.807) is 0 Å². The number of carbonyl (C=O) groups is 1. The molecule has 0 fully saturated rings. The van der Waals surface area contributed by atoms with E-state index >= 15 is 0 Å². The molecule has 0 aliphatic heterocycles. The van der Waals surface area contributed by atoms with Gasteiger partial charge in [0.15, 0.2) is 11.6 Å². The molecule has 0 saturated carbocycles. The summed E-state index contributed by atoms with van der Waals surface area (Å²) in [5, 5.41) is 1.97. The second-order valence-electron chi connectivity index (χ2n) is 3.57. The first-order valence-electron chi connectivity index (χ1n) is 5.05. The van der Waals surface area contributed by atoms with Crippen LogP contribution in [0.3, 0.4) is 0 Å². The molecule has 0 aliphatic rings. The van der Waals surface area contributed by atoms with Crippen LogP contribution in [0.15, 0.2) is 30.5 Å². The number of carbonyl (C=O) groups excluding carboxylic acids is 1. The fourth-order valence-corrected chi connectivity index (χ4v) is 1.35. The number of aromatic nitrogens is 1. The summed E-state index contributed by atoms with van der Waals surface area (Å²) in [6.07, 6.45) is 0.915. The van der Waals surface area contributed by atoms with Crippen LogP contribution in [0.25, 0.3) is 0 Å². The van der Waals surface area contributed by atoms with Gasteiger partial charge in [-0.2, -0.15) is 4.39 Å². The summed E-state index contributed by atoms with van der Waals surface area (Å²) >= 11 is 0. The number of anilines is 1. The number of hydrogen-bond donors (Lipinski definition) is 1. The van der Waals surface area contributed by atoms with Crippen LogP contribution in [0.4, 0.5) is 23.2 Å². The smallest absolute Gasteiger partial charge is 0.257 e. The summed E-state index contributed by atoms with van der Waals surface area (Å²) in [4.78, 5) is 14.8. The molecule has 2 rings (SSSR count). The summed E-state index contributed by atoms with van der Waals surface area (Å²) in [7, 11) is 0. The Labute approximate surface area is 104 Å². The molecule has 19 heavy (non-hydrogen) atoms. The van der Waals surface area contributed by atoms with Crippen molar-refractivity contribution in [2.24, 2.45) is 0 Å². The fourth-order valence-electron chi connectivity index (χ4n) is 1.35. The molecule has 98 valence electrons. The molecule has 0 bridgehead atoms. The SMILES string of the molecule is O=C(Nc1cc(F)cc(F)c1F)c1ccc(F)nc1. The molecule has 1 amide bonds. The molecule has 3 nitrogen and oxygen atoms in total. The van der Waals surface area contributed by atoms with E-state index in [2.05, 4.69) is 4.98 Å². The molecule has 0 unspecified atom stereocenters. The molecule has 1 aromatic heterocycles. The summed E-state index contributed by atoms with van der Waals surface area (Å²) in [6.45, 7) is 0. The van der Waals surface area contributed by atoms with Crippen molar-refractivity contribution < 1.29 is 22.4 Å². The van der Waals surface area contributed by atoms with Crippen molar-refractivity contribution in [2.75, 3.05) is 5.32 Å². The van der Waals surface area contributed by atoms with Crippen molar-refractivity contribution in [3.8, 4) is 0 Å². The van der Waals surface area contributed by atoms with E-state index in [0.717, 1.165) is 18.3 Å². The van der Waals surface area contributed by atoms with Gasteiger partial charge in [0.25, 0.3) is 5.91 Å². The maximum atomic E-state index is 13.3. The molecule has 0 spiro atoms. The van der Waals surface area contributed by atoms with Crippen molar-refractivity contribution in [1.82, 2.24) is 4.98 Å². The molecule has 1 aromatic carbocycles. The third-order valence-electron chi connectivity index (χ3n) is 2.23. The van der Waals surface area contributed by atoms with E-state index in [4.69, 9.17) is 0 Å². The summed E-state index contributed by atoms with van der Waals surface area (Å²) in [6, 6.07) is 3.01. The van der Waals surface area contributed by atoms with Crippen molar-refractivity contribution in [1.29, 1.82) is 0 Å². The van der Waals surface area contributed by atoms with Gasteiger partial charge in [0, 0.05) is 18.3 Å². The minimum Gasteiger partial charge on any atom is -0.319 e. The van der Waals surface area contributed by atoms with Gasteiger partial charge in [-0.1, -0.05) is 0 Å². The molecule has 0 aliphatic carbocycles. The van der Waals surface area contributed by atoms with Crippen molar-refractivity contribution in [3.63, 3.8) is 0 Å². The lowest BCUT2D eigenvalue weighted by Crippen LogP contribution is -2.14. The number of nitrogens with one attached hydrogen (secondary N) is 1. The highest BCUT2D eigenvalue weighted by Gasteiger charge is 2.14. The van der Waals surface area contributed by atoms with Crippen molar-refractivity contribution in [2.45, 2.75) is 0 Å². The number of halogens is 4. The fraction of sp³-hybridized carbons (Fsp3) is 0. The number of hydrogen-bond acceptors (Lipinski definition) is 2. The van der Waals surface area contributed by atoms with Crippen LogP contribution >= 0.6 is 0 Å². The monoisotopic (exact) mass is 270 g/mol. The summed E-state index contributed by atoms with van der Waals surface area (Å²) < 4.78 is 51.6. The molecule has 1 heterocycles. The van der Waals surface area contributed by atoms with Crippen molar-refractivity contribution in [3.05, 3.63) is 59.4 Å². The van der Waals surface area contributed by atoms with Crippen LogP contribution in [0.2, 0.25) is 0 Å². The van der Waals surface area contributed by atoms with E-state index in [1.165, 1.54) is 0 Å². The number of pyridine rings is 1. The van der Waals surface area contributed by atoms with Crippen molar-refractivity contribution >= 4 is 11.6 Å². The largest absolute Gasteiger partial charge is 0.319 e. The Morgan fingerprint density at radius 2 is 1.84 bits per heavy atom. The number of nitrogens with zero attached hydrogens (tertiary/aromatic N) is 1. The first kappa shape index (κ1) is 13.0. The Hall–Kier alpha value is -2.44. The highest BCUT2D eigenvalue weighted by molar-refractivity contribution is 6.04. The zero-order valence-corrected chi connectivity index (χ0v) is 9.25. The van der Waals surface area contributed by atoms with Crippen LogP contribution in [0.5, 0.6) is 0 Å². The summed E-state index contributed by atoms with van der Waals surface area (Å²) in [5.74, 6) is -5.50. The third-order valence-corrected chi connectivity index (χ3v) is 2.23. The zero-order chi connectivity index (χ0) is 14.0. The van der Waals surface area contributed by atoms with Crippen LogP contribution in [-0.2, 0) is 0 Å². The lowest BCUT2D eigenvalue weighted by atomic mass is 10.2. The van der Waals surface area contributed by atoms with E-state index < -0.39 is 35.0 Å². The predicted molar refractivity (Wildman–Crippen MR) is 58.5 cm³/mol. The van der Waals surface area contributed by atoms with E-state index in [9.17, 15) is 22.4 Å². The highest BCUT2D eigenvalue weighted by Crippen LogP contribution is 2.19. The summed E-state index contributed by atoms with van der Waals surface area (Å²) in [5.41, 5.74) is -0.725. The van der Waals surface area contributed by atoms with Gasteiger partial charge in [0.1, 0.15) is 5.82 Å². The van der Waals surface area contributed by atoms with Gasteiger partial charge in [-0.3, -0.25) is 4.79 Å². The quantitative estimate of drug-likeness (QED) is 0.518. The molecule has 1 N–H and O–H groups in total. The Bertz CT molecular complexity index is 628. The maximum absolute atomic E-state index is 13.3.